The van der Waals surface area contributed by atoms with Crippen LogP contribution in [0.3, 0.4) is 0 Å². The van der Waals surface area contributed by atoms with Gasteiger partial charge >= 0.3 is 0 Å². The Bertz CT molecular complexity index is 1460. The van der Waals surface area contributed by atoms with E-state index in [0.29, 0.717) is 28.6 Å². The molecule has 0 saturated heterocycles. The van der Waals surface area contributed by atoms with Gasteiger partial charge < -0.3 is 8.98 Å². The fraction of sp³-hybridized carbons (Fsp3) is 0.182. The lowest BCUT2D eigenvalue weighted by Gasteiger charge is -2.07. The summed E-state index contributed by atoms with van der Waals surface area (Å²) in [6, 6.07) is 9.87. The Kier molecular flexibility index (Phi) is 4.62. The molecule has 0 saturated carbocycles. The lowest BCUT2D eigenvalue weighted by atomic mass is 10.1. The Morgan fingerprint density at radius 1 is 1.06 bits per heavy atom. The quantitative estimate of drug-likeness (QED) is 0.393. The van der Waals surface area contributed by atoms with Gasteiger partial charge in [0.1, 0.15) is 17.3 Å². The van der Waals surface area contributed by atoms with Crippen molar-refractivity contribution in [2.24, 2.45) is 7.05 Å². The van der Waals surface area contributed by atoms with Crippen molar-refractivity contribution < 1.29 is 13.6 Å². The third-order valence-corrected chi connectivity index (χ3v) is 5.16. The Balaban J connectivity index is 1.52. The van der Waals surface area contributed by atoms with Crippen LogP contribution in [-0.4, -0.2) is 40.1 Å². The number of Topliss-reactive ketones (excluding diaryl/α,β-unsaturated/α-hetero) is 1. The fourth-order valence-electron chi connectivity index (χ4n) is 3.50. The van der Waals surface area contributed by atoms with Crippen molar-refractivity contribution in [3.8, 4) is 22.6 Å². The second kappa shape index (κ2) is 7.49. The molecular formula is C22H18FN7O2. The van der Waals surface area contributed by atoms with Crippen LogP contribution in [-0.2, 0) is 13.5 Å². The van der Waals surface area contributed by atoms with Crippen molar-refractivity contribution >= 4 is 11.4 Å². The monoisotopic (exact) mass is 431 g/mol. The molecule has 5 aromatic rings. The molecule has 0 aliphatic heterocycles. The highest BCUT2D eigenvalue weighted by atomic mass is 19.1. The molecule has 10 heteroatoms. The number of imidazole rings is 2. The molecule has 0 radical (unpaired) electrons. The third kappa shape index (κ3) is 3.45. The molecule has 0 spiro atoms. The summed E-state index contributed by atoms with van der Waals surface area (Å²) in [7, 11) is 1.90. The van der Waals surface area contributed by atoms with Crippen molar-refractivity contribution in [1.82, 2.24) is 34.3 Å². The standard InChI is InChI=1S/C22H18FN7O2/c1-12-24-20(14-4-6-15(23)7-5-14)21(29(12)3)17-8-9-19-25-16(11-30(19)28-17)10-18(31)22-27-26-13(2)32-22/h4-9,11H,10H2,1-3H3. The van der Waals surface area contributed by atoms with Gasteiger partial charge in [-0.1, -0.05) is 0 Å². The summed E-state index contributed by atoms with van der Waals surface area (Å²) in [6.45, 7) is 3.52. The van der Waals surface area contributed by atoms with Crippen LogP contribution in [0.4, 0.5) is 4.39 Å². The fourth-order valence-corrected chi connectivity index (χ4v) is 3.50. The number of carbonyl (C=O) groups excluding carboxylic acids is 1. The number of hydrogen-bond donors (Lipinski definition) is 0. The predicted octanol–water partition coefficient (Wildman–Crippen LogP) is 3.36. The molecule has 0 aliphatic rings. The van der Waals surface area contributed by atoms with E-state index in [1.165, 1.54) is 12.1 Å². The van der Waals surface area contributed by atoms with Crippen LogP contribution in [0.1, 0.15) is 28.1 Å². The molecule has 160 valence electrons. The maximum Gasteiger partial charge on any atom is 0.284 e. The largest absolute Gasteiger partial charge is 0.419 e. The smallest absolute Gasteiger partial charge is 0.284 e. The summed E-state index contributed by atoms with van der Waals surface area (Å²) >= 11 is 0. The van der Waals surface area contributed by atoms with E-state index in [4.69, 9.17) is 4.42 Å². The second-order valence-corrected chi connectivity index (χ2v) is 7.40. The molecule has 0 fully saturated rings. The van der Waals surface area contributed by atoms with E-state index >= 15 is 0 Å². The minimum atomic E-state index is -0.310. The molecule has 0 aliphatic carbocycles. The molecule has 0 unspecified atom stereocenters. The molecule has 5 rings (SSSR count). The van der Waals surface area contributed by atoms with Crippen LogP contribution in [0, 0.1) is 19.7 Å². The molecule has 0 bridgehead atoms. The van der Waals surface area contributed by atoms with Crippen LogP contribution in [0.2, 0.25) is 0 Å². The molecule has 4 aromatic heterocycles. The summed E-state index contributed by atoms with van der Waals surface area (Å²) in [5.74, 6) is 0.474. The van der Waals surface area contributed by atoms with Gasteiger partial charge in [-0.05, 0) is 43.3 Å². The third-order valence-electron chi connectivity index (χ3n) is 5.16. The van der Waals surface area contributed by atoms with Crippen molar-refractivity contribution in [1.29, 1.82) is 0 Å². The number of nitrogens with zero attached hydrogens (tertiary/aromatic N) is 7. The predicted molar refractivity (Wildman–Crippen MR) is 112 cm³/mol. The van der Waals surface area contributed by atoms with Gasteiger partial charge in [0.15, 0.2) is 5.65 Å². The highest BCUT2D eigenvalue weighted by molar-refractivity contribution is 5.93. The Hall–Kier alpha value is -4.21. The molecule has 4 heterocycles. The maximum absolute atomic E-state index is 13.4. The topological polar surface area (TPSA) is 104 Å². The van der Waals surface area contributed by atoms with Crippen LogP contribution >= 0.6 is 0 Å². The number of carbonyl (C=O) groups is 1. The van der Waals surface area contributed by atoms with Crippen molar-refractivity contribution in [2.45, 2.75) is 20.3 Å². The van der Waals surface area contributed by atoms with Crippen molar-refractivity contribution in [3.63, 3.8) is 0 Å². The van der Waals surface area contributed by atoms with Crippen LogP contribution in [0.15, 0.2) is 47.0 Å². The number of hydrogen-bond acceptors (Lipinski definition) is 7. The van der Waals surface area contributed by atoms with E-state index in [0.717, 1.165) is 17.1 Å². The summed E-state index contributed by atoms with van der Waals surface area (Å²) in [4.78, 5) is 21.5. The minimum absolute atomic E-state index is 0.0198. The van der Waals surface area contributed by atoms with E-state index in [1.807, 2.05) is 30.7 Å². The number of halogens is 1. The van der Waals surface area contributed by atoms with Crippen molar-refractivity contribution in [2.75, 3.05) is 0 Å². The first-order valence-corrected chi connectivity index (χ1v) is 9.87. The zero-order valence-electron chi connectivity index (χ0n) is 17.6. The van der Waals surface area contributed by atoms with Gasteiger partial charge in [0, 0.05) is 19.5 Å². The summed E-state index contributed by atoms with van der Waals surface area (Å²) in [6.07, 6.45) is 1.72. The molecule has 0 N–H and O–H groups in total. The number of aromatic nitrogens is 7. The van der Waals surface area contributed by atoms with E-state index in [1.54, 1.807) is 29.8 Å². The van der Waals surface area contributed by atoms with Gasteiger partial charge in [-0.15, -0.1) is 10.2 Å². The normalized spacial score (nSPS) is 11.4. The number of ketones is 1. The highest BCUT2D eigenvalue weighted by Crippen LogP contribution is 2.31. The molecule has 9 nitrogen and oxygen atoms in total. The number of aryl methyl sites for hydroxylation is 2. The van der Waals surface area contributed by atoms with Gasteiger partial charge in [0.2, 0.25) is 11.7 Å². The molecule has 0 atom stereocenters. The SMILES string of the molecule is Cc1nnc(C(=O)Cc2cn3nc(-c4c(-c5ccc(F)cc5)nc(C)n4C)ccc3n2)o1. The summed E-state index contributed by atoms with van der Waals surface area (Å²) in [5, 5.41) is 12.1. The van der Waals surface area contributed by atoms with Gasteiger partial charge in [-0.3, -0.25) is 4.79 Å². The Labute approximate surface area is 181 Å². The van der Waals surface area contributed by atoms with Gasteiger partial charge in [0.25, 0.3) is 5.89 Å². The Morgan fingerprint density at radius 2 is 1.84 bits per heavy atom. The number of fused-ring (bicyclic) bond motifs is 1. The number of benzene rings is 1. The average Bonchev–Trinajstić information content (AvgIpc) is 3.45. The zero-order chi connectivity index (χ0) is 22.4. The van der Waals surface area contributed by atoms with Crippen molar-refractivity contribution in [3.05, 3.63) is 71.7 Å². The first-order chi connectivity index (χ1) is 15.4. The lowest BCUT2D eigenvalue weighted by molar-refractivity contribution is 0.0957. The van der Waals surface area contributed by atoms with Crippen LogP contribution < -0.4 is 0 Å². The molecule has 0 amide bonds. The molecule has 32 heavy (non-hydrogen) atoms. The van der Waals surface area contributed by atoms with Gasteiger partial charge in [-0.2, -0.15) is 5.10 Å². The van der Waals surface area contributed by atoms with Gasteiger partial charge in [0.05, 0.1) is 29.7 Å². The second-order valence-electron chi connectivity index (χ2n) is 7.40. The van der Waals surface area contributed by atoms with E-state index in [9.17, 15) is 9.18 Å². The first kappa shape index (κ1) is 19.7. The zero-order valence-corrected chi connectivity index (χ0v) is 17.6. The van der Waals surface area contributed by atoms with E-state index < -0.39 is 0 Å². The van der Waals surface area contributed by atoms with E-state index in [2.05, 4.69) is 25.3 Å². The van der Waals surface area contributed by atoms with Crippen LogP contribution in [0.5, 0.6) is 0 Å². The minimum Gasteiger partial charge on any atom is -0.419 e. The van der Waals surface area contributed by atoms with Crippen LogP contribution in [0.25, 0.3) is 28.3 Å². The molecule has 1 aromatic carbocycles. The lowest BCUT2D eigenvalue weighted by Crippen LogP contribution is -2.04. The number of rotatable bonds is 5. The first-order valence-electron chi connectivity index (χ1n) is 9.87. The van der Waals surface area contributed by atoms with Gasteiger partial charge in [-0.25, -0.2) is 18.9 Å². The average molecular weight is 431 g/mol. The highest BCUT2D eigenvalue weighted by Gasteiger charge is 2.19. The maximum atomic E-state index is 13.4. The Morgan fingerprint density at radius 3 is 2.56 bits per heavy atom. The molecular weight excluding hydrogens is 413 g/mol. The summed E-state index contributed by atoms with van der Waals surface area (Å²) < 4.78 is 22.1. The summed E-state index contributed by atoms with van der Waals surface area (Å²) in [5.41, 5.74) is 4.10. The van der Waals surface area contributed by atoms with E-state index in [-0.39, 0.29) is 23.9 Å².